The Morgan fingerprint density at radius 2 is 1.44 bits per heavy atom. The van der Waals surface area contributed by atoms with Crippen molar-refractivity contribution < 1.29 is 26.0 Å². The first-order valence-electron chi connectivity index (χ1n) is 10.1. The molecule has 0 unspecified atom stereocenters. The smallest absolute Gasteiger partial charge is 0.261 e. The Balaban J connectivity index is 1.71. The van der Waals surface area contributed by atoms with E-state index in [1.165, 1.54) is 36.4 Å². The minimum atomic E-state index is -3.93. The van der Waals surface area contributed by atoms with Crippen molar-refractivity contribution in [3.8, 4) is 0 Å². The number of carbonyl (C=O) groups is 1. The van der Waals surface area contributed by atoms with Crippen molar-refractivity contribution in [1.82, 2.24) is 0 Å². The number of nitrogens with one attached hydrogen (secondary N) is 2. The minimum absolute atomic E-state index is 0.0669. The van der Waals surface area contributed by atoms with Crippen molar-refractivity contribution in [2.75, 3.05) is 27.1 Å². The van der Waals surface area contributed by atoms with Gasteiger partial charge in [0.15, 0.2) is 0 Å². The van der Waals surface area contributed by atoms with Gasteiger partial charge in [0.1, 0.15) is 12.4 Å². The first-order valence-corrected chi connectivity index (χ1v) is 13.4. The van der Waals surface area contributed by atoms with Crippen LogP contribution in [0.2, 0.25) is 0 Å². The highest BCUT2D eigenvalue weighted by atomic mass is 32.2. The van der Waals surface area contributed by atoms with Crippen LogP contribution in [0.15, 0.2) is 71.6 Å². The zero-order chi connectivity index (χ0) is 25.1. The van der Waals surface area contributed by atoms with Gasteiger partial charge in [0.25, 0.3) is 10.0 Å². The number of nitrogens with zero attached hydrogens (tertiary/aromatic N) is 1. The molecule has 0 atom stereocenters. The largest absolute Gasteiger partial charge is 0.325 e. The number of halogens is 1. The normalized spacial score (nSPS) is 11.6. The summed E-state index contributed by atoms with van der Waals surface area (Å²) in [7, 11) is -7.66. The van der Waals surface area contributed by atoms with Crippen LogP contribution >= 0.6 is 0 Å². The monoisotopic (exact) mass is 505 g/mol. The molecule has 3 aromatic rings. The molecular formula is C23H24FN3O5S2. The fourth-order valence-corrected chi connectivity index (χ4v) is 4.97. The van der Waals surface area contributed by atoms with Gasteiger partial charge >= 0.3 is 0 Å². The summed E-state index contributed by atoms with van der Waals surface area (Å²) in [6.07, 6.45) is 1.02. The fourth-order valence-electron chi connectivity index (χ4n) is 3.06. The maximum absolute atomic E-state index is 13.0. The zero-order valence-corrected chi connectivity index (χ0v) is 20.4. The van der Waals surface area contributed by atoms with Crippen LogP contribution in [0.3, 0.4) is 0 Å². The predicted octanol–water partition coefficient (Wildman–Crippen LogP) is 3.65. The van der Waals surface area contributed by atoms with Gasteiger partial charge in [-0.2, -0.15) is 0 Å². The number of hydrogen-bond donors (Lipinski definition) is 2. The van der Waals surface area contributed by atoms with E-state index in [9.17, 15) is 26.0 Å². The third-order valence-corrected chi connectivity index (χ3v) is 7.55. The topological polar surface area (TPSA) is 113 Å². The van der Waals surface area contributed by atoms with Gasteiger partial charge in [-0.1, -0.05) is 6.07 Å². The highest BCUT2D eigenvalue weighted by molar-refractivity contribution is 7.92. The highest BCUT2D eigenvalue weighted by Gasteiger charge is 2.21. The molecule has 1 amide bonds. The second-order valence-electron chi connectivity index (χ2n) is 7.72. The molecule has 0 heterocycles. The third kappa shape index (κ3) is 6.33. The Morgan fingerprint density at radius 3 is 2.00 bits per heavy atom. The van der Waals surface area contributed by atoms with Gasteiger partial charge in [-0.05, 0) is 85.6 Å². The number of anilines is 3. The summed E-state index contributed by atoms with van der Waals surface area (Å²) < 4.78 is 66.0. The van der Waals surface area contributed by atoms with Gasteiger partial charge in [-0.15, -0.1) is 0 Å². The SMILES string of the molecule is Cc1ccc(N(CC(=O)Nc2ccc(S(=O)(=O)Nc3ccc(F)cc3)cc2)S(C)(=O)=O)cc1C. The van der Waals surface area contributed by atoms with Gasteiger partial charge in [0, 0.05) is 11.4 Å². The molecule has 0 aliphatic heterocycles. The lowest BCUT2D eigenvalue weighted by Gasteiger charge is -2.22. The average Bonchev–Trinajstić information content (AvgIpc) is 2.75. The predicted molar refractivity (Wildman–Crippen MR) is 130 cm³/mol. The number of carbonyl (C=O) groups excluding carboxylic acids is 1. The molecule has 3 rings (SSSR count). The molecule has 11 heteroatoms. The Hall–Kier alpha value is -3.44. The summed E-state index contributed by atoms with van der Waals surface area (Å²) in [6, 6.07) is 15.3. The average molecular weight is 506 g/mol. The molecule has 3 aromatic carbocycles. The Kier molecular flexibility index (Phi) is 7.27. The summed E-state index contributed by atoms with van der Waals surface area (Å²) in [5.74, 6) is -1.08. The van der Waals surface area contributed by atoms with E-state index in [1.54, 1.807) is 18.2 Å². The summed E-state index contributed by atoms with van der Waals surface area (Å²) in [5.41, 5.74) is 2.74. The molecule has 0 fully saturated rings. The van der Waals surface area contributed by atoms with Gasteiger partial charge in [-0.3, -0.25) is 13.8 Å². The van der Waals surface area contributed by atoms with Gasteiger partial charge in [0.05, 0.1) is 16.8 Å². The molecule has 180 valence electrons. The van der Waals surface area contributed by atoms with Crippen molar-refractivity contribution >= 4 is 43.0 Å². The minimum Gasteiger partial charge on any atom is -0.325 e. The van der Waals surface area contributed by atoms with Crippen LogP contribution in [0.5, 0.6) is 0 Å². The second kappa shape index (κ2) is 9.82. The van der Waals surface area contributed by atoms with Crippen LogP contribution in [0, 0.1) is 19.7 Å². The number of rotatable bonds is 8. The van der Waals surface area contributed by atoms with Crippen LogP contribution in [-0.2, 0) is 24.8 Å². The number of amides is 1. The number of aryl methyl sites for hydroxylation is 2. The van der Waals surface area contributed by atoms with Crippen molar-refractivity contribution in [2.24, 2.45) is 0 Å². The van der Waals surface area contributed by atoms with Gasteiger partial charge < -0.3 is 5.32 Å². The summed E-state index contributed by atoms with van der Waals surface area (Å²) in [6.45, 7) is 3.29. The lowest BCUT2D eigenvalue weighted by Crippen LogP contribution is -2.37. The number of sulfonamides is 2. The molecule has 34 heavy (non-hydrogen) atoms. The molecule has 0 bridgehead atoms. The van der Waals surface area contributed by atoms with Crippen LogP contribution in [0.25, 0.3) is 0 Å². The molecule has 0 spiro atoms. The molecule has 8 nitrogen and oxygen atoms in total. The van der Waals surface area contributed by atoms with E-state index in [0.717, 1.165) is 33.8 Å². The summed E-state index contributed by atoms with van der Waals surface area (Å²) in [4.78, 5) is 12.5. The van der Waals surface area contributed by atoms with Crippen LogP contribution in [0.1, 0.15) is 11.1 Å². The molecular weight excluding hydrogens is 481 g/mol. The molecule has 0 saturated carbocycles. The molecule has 0 aromatic heterocycles. The lowest BCUT2D eigenvalue weighted by atomic mass is 10.1. The Morgan fingerprint density at radius 1 is 0.853 bits per heavy atom. The van der Waals surface area contributed by atoms with E-state index >= 15 is 0 Å². The van der Waals surface area contributed by atoms with Crippen LogP contribution in [0.4, 0.5) is 21.5 Å². The van der Waals surface area contributed by atoms with E-state index in [2.05, 4.69) is 10.0 Å². The molecule has 0 aliphatic rings. The first kappa shape index (κ1) is 25.2. The fraction of sp³-hybridized carbons (Fsp3) is 0.174. The van der Waals surface area contributed by atoms with Gasteiger partial charge in [-0.25, -0.2) is 21.2 Å². The molecule has 0 radical (unpaired) electrons. The zero-order valence-electron chi connectivity index (χ0n) is 18.7. The van der Waals surface area contributed by atoms with Crippen molar-refractivity contribution in [1.29, 1.82) is 0 Å². The lowest BCUT2D eigenvalue weighted by molar-refractivity contribution is -0.114. The first-order chi connectivity index (χ1) is 15.8. The maximum atomic E-state index is 13.0. The van der Waals surface area contributed by atoms with E-state index in [0.29, 0.717) is 11.4 Å². The summed E-state index contributed by atoms with van der Waals surface area (Å²) >= 11 is 0. The Labute approximate surface area is 198 Å². The maximum Gasteiger partial charge on any atom is 0.261 e. The van der Waals surface area contributed by atoms with Crippen molar-refractivity contribution in [2.45, 2.75) is 18.7 Å². The third-order valence-electron chi connectivity index (χ3n) is 5.01. The second-order valence-corrected chi connectivity index (χ2v) is 11.3. The van der Waals surface area contributed by atoms with E-state index in [1.807, 2.05) is 13.8 Å². The number of hydrogen-bond acceptors (Lipinski definition) is 5. The van der Waals surface area contributed by atoms with Crippen LogP contribution < -0.4 is 14.3 Å². The summed E-state index contributed by atoms with van der Waals surface area (Å²) in [5, 5.41) is 2.57. The molecule has 0 saturated heterocycles. The van der Waals surface area contributed by atoms with Crippen molar-refractivity contribution in [3.05, 3.63) is 83.7 Å². The number of benzene rings is 3. The Bertz CT molecular complexity index is 1410. The molecule has 0 aliphatic carbocycles. The molecule has 2 N–H and O–H groups in total. The standard InChI is InChI=1S/C23H24FN3O5S2/c1-16-4-11-21(14-17(16)2)27(33(3,29)30)15-23(28)25-19-9-12-22(13-10-19)34(31,32)26-20-7-5-18(24)6-8-20/h4-14,26H,15H2,1-3H3,(H,25,28). The van der Waals surface area contributed by atoms with Crippen LogP contribution in [-0.4, -0.2) is 35.5 Å². The van der Waals surface area contributed by atoms with E-state index < -0.39 is 38.3 Å². The highest BCUT2D eigenvalue weighted by Crippen LogP contribution is 2.22. The van der Waals surface area contributed by atoms with Gasteiger partial charge in [0.2, 0.25) is 15.9 Å². The van der Waals surface area contributed by atoms with E-state index in [-0.39, 0.29) is 10.6 Å². The quantitative estimate of drug-likeness (QED) is 0.485. The van der Waals surface area contributed by atoms with E-state index in [4.69, 9.17) is 0 Å². The van der Waals surface area contributed by atoms with Crippen molar-refractivity contribution in [3.63, 3.8) is 0 Å².